The number of ether oxygens (including phenoxy) is 2. The molecule has 0 saturated carbocycles. The Morgan fingerprint density at radius 2 is 2.00 bits per heavy atom. The van der Waals surface area contributed by atoms with E-state index >= 15 is 0 Å². The molecule has 0 saturated heterocycles. The third kappa shape index (κ3) is 4.71. The fourth-order valence-electron chi connectivity index (χ4n) is 0.617. The van der Waals surface area contributed by atoms with Gasteiger partial charge in [0.1, 0.15) is 0 Å². The summed E-state index contributed by atoms with van der Waals surface area (Å²) in [4.78, 5) is 21.3. The predicted octanol–water partition coefficient (Wildman–Crippen LogP) is 0.891. The normalized spacial score (nSPS) is 11.9. The van der Waals surface area contributed by atoms with Gasteiger partial charge in [-0.05, 0) is 13.3 Å². The topological polar surface area (TPSA) is 52.6 Å². The van der Waals surface area contributed by atoms with Gasteiger partial charge >= 0.3 is 11.9 Å². The second-order valence-corrected chi connectivity index (χ2v) is 2.42. The van der Waals surface area contributed by atoms with Crippen LogP contribution >= 0.6 is 0 Å². The Labute approximate surface area is 71.8 Å². The van der Waals surface area contributed by atoms with Gasteiger partial charge in [0.05, 0.1) is 6.61 Å². The molecule has 0 aromatic carbocycles. The zero-order valence-electron chi connectivity index (χ0n) is 7.62. The molecule has 4 heteroatoms. The highest BCUT2D eigenvalue weighted by molar-refractivity contribution is 5.78. The van der Waals surface area contributed by atoms with Crippen molar-refractivity contribution in [2.45, 2.75) is 33.3 Å². The zero-order valence-corrected chi connectivity index (χ0v) is 7.62. The van der Waals surface area contributed by atoms with Crippen molar-refractivity contribution < 1.29 is 19.1 Å². The van der Waals surface area contributed by atoms with Crippen LogP contribution in [-0.4, -0.2) is 24.6 Å². The minimum Gasteiger partial charge on any atom is -0.463 e. The maximum absolute atomic E-state index is 10.9. The highest BCUT2D eigenvalue weighted by atomic mass is 16.6. The summed E-state index contributed by atoms with van der Waals surface area (Å²) >= 11 is 0. The second kappa shape index (κ2) is 5.57. The van der Waals surface area contributed by atoms with E-state index in [1.54, 1.807) is 0 Å². The molecule has 1 atom stereocenters. The summed E-state index contributed by atoms with van der Waals surface area (Å²) in [6.45, 7) is 5.00. The third-order valence-corrected chi connectivity index (χ3v) is 1.12. The van der Waals surface area contributed by atoms with E-state index in [0.717, 1.165) is 6.42 Å². The highest BCUT2D eigenvalue weighted by Crippen LogP contribution is 1.95. The quantitative estimate of drug-likeness (QED) is 0.594. The Morgan fingerprint density at radius 1 is 1.42 bits per heavy atom. The number of rotatable bonds is 4. The zero-order chi connectivity index (χ0) is 9.56. The minimum absolute atomic E-state index is 0.366. The third-order valence-electron chi connectivity index (χ3n) is 1.12. The molecule has 1 unspecified atom stereocenters. The first-order chi connectivity index (χ1) is 5.57. The molecule has 0 aromatic rings. The molecule has 0 radical (unpaired) electrons. The van der Waals surface area contributed by atoms with Crippen LogP contribution in [0.2, 0.25) is 0 Å². The van der Waals surface area contributed by atoms with E-state index in [4.69, 9.17) is 4.74 Å². The summed E-state index contributed by atoms with van der Waals surface area (Å²) < 4.78 is 9.33. The van der Waals surface area contributed by atoms with E-state index in [2.05, 4.69) is 4.74 Å². The Morgan fingerprint density at radius 3 is 2.42 bits per heavy atom. The molecule has 70 valence electrons. The van der Waals surface area contributed by atoms with Crippen molar-refractivity contribution in [3.63, 3.8) is 0 Å². The highest BCUT2D eigenvalue weighted by Gasteiger charge is 2.16. The largest absolute Gasteiger partial charge is 0.463 e. The lowest BCUT2D eigenvalue weighted by Crippen LogP contribution is -2.25. The van der Waals surface area contributed by atoms with Crippen LogP contribution in [0.1, 0.15) is 27.2 Å². The van der Waals surface area contributed by atoms with Crippen molar-refractivity contribution in [2.75, 3.05) is 6.61 Å². The summed E-state index contributed by atoms with van der Waals surface area (Å²) in [7, 11) is 0. The van der Waals surface area contributed by atoms with Gasteiger partial charge in [0.25, 0.3) is 0 Å². The molecule has 0 heterocycles. The summed E-state index contributed by atoms with van der Waals surface area (Å²) in [6, 6.07) is 0. The minimum atomic E-state index is -0.797. The molecule has 0 bridgehead atoms. The first-order valence-corrected chi connectivity index (χ1v) is 3.91. The Kier molecular flexibility index (Phi) is 5.08. The number of esters is 2. The van der Waals surface area contributed by atoms with Crippen molar-refractivity contribution in [2.24, 2.45) is 0 Å². The van der Waals surface area contributed by atoms with Crippen molar-refractivity contribution in [3.8, 4) is 0 Å². The molecule has 0 aromatic heterocycles. The molecule has 0 aliphatic rings. The lowest BCUT2D eigenvalue weighted by molar-refractivity contribution is -0.165. The van der Waals surface area contributed by atoms with Crippen molar-refractivity contribution >= 4 is 11.9 Å². The van der Waals surface area contributed by atoms with Gasteiger partial charge in [-0.25, -0.2) is 4.79 Å². The molecule has 0 amide bonds. The first kappa shape index (κ1) is 10.9. The van der Waals surface area contributed by atoms with Gasteiger partial charge in [-0.2, -0.15) is 0 Å². The Bertz CT molecular complexity index is 164. The molecule has 0 fully saturated rings. The van der Waals surface area contributed by atoms with E-state index in [0.29, 0.717) is 6.61 Å². The molecule has 0 spiro atoms. The fourth-order valence-corrected chi connectivity index (χ4v) is 0.617. The number of hydrogen-bond acceptors (Lipinski definition) is 4. The van der Waals surface area contributed by atoms with Crippen molar-refractivity contribution in [3.05, 3.63) is 0 Å². The lowest BCUT2D eigenvalue weighted by atomic mass is 10.4. The summed E-state index contributed by atoms with van der Waals surface area (Å²) in [5, 5.41) is 0. The second-order valence-electron chi connectivity index (χ2n) is 2.42. The Balaban J connectivity index is 3.69. The van der Waals surface area contributed by atoms with Crippen LogP contribution in [0.5, 0.6) is 0 Å². The van der Waals surface area contributed by atoms with Crippen LogP contribution in [0.25, 0.3) is 0 Å². The van der Waals surface area contributed by atoms with Gasteiger partial charge in [0, 0.05) is 6.92 Å². The predicted molar refractivity (Wildman–Crippen MR) is 42.5 cm³/mol. The van der Waals surface area contributed by atoms with Gasteiger partial charge in [-0.3, -0.25) is 4.79 Å². The number of hydrogen-bond donors (Lipinski definition) is 0. The molecular formula is C8H14O4. The van der Waals surface area contributed by atoms with Crippen LogP contribution in [-0.2, 0) is 19.1 Å². The smallest absolute Gasteiger partial charge is 0.347 e. The molecule has 4 nitrogen and oxygen atoms in total. The Hall–Kier alpha value is -1.06. The maximum atomic E-state index is 10.9. The van der Waals surface area contributed by atoms with Gasteiger partial charge in [-0.1, -0.05) is 6.92 Å². The molecule has 12 heavy (non-hydrogen) atoms. The van der Waals surface area contributed by atoms with E-state index in [1.807, 2.05) is 6.92 Å². The van der Waals surface area contributed by atoms with Crippen molar-refractivity contribution in [1.82, 2.24) is 0 Å². The van der Waals surface area contributed by atoms with Crippen LogP contribution in [0.3, 0.4) is 0 Å². The van der Waals surface area contributed by atoms with E-state index < -0.39 is 18.0 Å². The fraction of sp³-hybridized carbons (Fsp3) is 0.750. The molecule has 0 N–H and O–H groups in total. The summed E-state index contributed by atoms with van der Waals surface area (Å²) in [5.74, 6) is -0.969. The molecule has 0 aliphatic carbocycles. The van der Waals surface area contributed by atoms with Crippen LogP contribution in [0.15, 0.2) is 0 Å². The van der Waals surface area contributed by atoms with Crippen molar-refractivity contribution in [1.29, 1.82) is 0 Å². The van der Waals surface area contributed by atoms with Gasteiger partial charge in [0.15, 0.2) is 6.10 Å². The summed E-state index contributed by atoms with van der Waals surface area (Å²) in [5.41, 5.74) is 0. The summed E-state index contributed by atoms with van der Waals surface area (Å²) in [6.07, 6.45) is -0.0347. The van der Waals surface area contributed by atoms with Crippen LogP contribution in [0.4, 0.5) is 0 Å². The van der Waals surface area contributed by atoms with Gasteiger partial charge < -0.3 is 9.47 Å². The standard InChI is InChI=1S/C8H14O4/c1-4-5-11-8(10)6(2)12-7(3)9/h6H,4-5H2,1-3H3. The average Bonchev–Trinajstić information content (AvgIpc) is 1.98. The van der Waals surface area contributed by atoms with Crippen LogP contribution < -0.4 is 0 Å². The van der Waals surface area contributed by atoms with Gasteiger partial charge in [0.2, 0.25) is 0 Å². The average molecular weight is 174 g/mol. The number of carbonyl (C=O) groups is 2. The molecular weight excluding hydrogens is 160 g/mol. The monoisotopic (exact) mass is 174 g/mol. The van der Waals surface area contributed by atoms with E-state index in [9.17, 15) is 9.59 Å². The van der Waals surface area contributed by atoms with E-state index in [-0.39, 0.29) is 0 Å². The maximum Gasteiger partial charge on any atom is 0.347 e. The molecule has 0 rings (SSSR count). The SMILES string of the molecule is CCCOC(=O)C(C)OC(C)=O. The number of carbonyl (C=O) groups excluding carboxylic acids is 2. The first-order valence-electron chi connectivity index (χ1n) is 3.91. The van der Waals surface area contributed by atoms with Crippen LogP contribution in [0, 0.1) is 0 Å². The van der Waals surface area contributed by atoms with E-state index in [1.165, 1.54) is 13.8 Å². The van der Waals surface area contributed by atoms with Gasteiger partial charge in [-0.15, -0.1) is 0 Å². The molecule has 0 aliphatic heterocycles. The lowest BCUT2D eigenvalue weighted by Gasteiger charge is -2.10.